The quantitative estimate of drug-likeness (QED) is 0.691. The second-order valence-electron chi connectivity index (χ2n) is 6.58. The normalized spacial score (nSPS) is 10.9. The minimum absolute atomic E-state index is 0.0298. The van der Waals surface area contributed by atoms with Crippen LogP contribution in [0.3, 0.4) is 0 Å². The Balaban J connectivity index is 2.47. The maximum atomic E-state index is 13.1. The molecule has 27 heavy (non-hydrogen) atoms. The van der Waals surface area contributed by atoms with Crippen molar-refractivity contribution in [2.45, 2.75) is 60.5 Å². The number of hydrogen-bond donors (Lipinski definition) is 1. The van der Waals surface area contributed by atoms with Gasteiger partial charge in [-0.3, -0.25) is 9.59 Å². The largest absolute Gasteiger partial charge is 0.463 e. The van der Waals surface area contributed by atoms with Gasteiger partial charge < -0.3 is 14.5 Å². The number of carbonyl (C=O) groups is 1. The van der Waals surface area contributed by atoms with Crippen molar-refractivity contribution in [2.24, 2.45) is 0 Å². The Morgan fingerprint density at radius 3 is 2.30 bits per heavy atom. The maximum absolute atomic E-state index is 13.1. The van der Waals surface area contributed by atoms with Gasteiger partial charge in [0.1, 0.15) is 23.7 Å². The number of aryl methyl sites for hydroxylation is 3. The molecule has 2 aromatic rings. The molecule has 0 bridgehead atoms. The summed E-state index contributed by atoms with van der Waals surface area (Å²) in [5.74, 6) is 0.341. The van der Waals surface area contributed by atoms with Crippen molar-refractivity contribution >= 4 is 11.6 Å². The standard InChI is InChI=1S/C22H29NO4/c1-6-12-26-13-18-19(21(24)14(4)15(5)27-18)22(25)23-20-16(7-2)10-9-11-17(20)8-3/h9-11H,6-8,12-13H2,1-5H3,(H,23,25). The van der Waals surface area contributed by atoms with Crippen molar-refractivity contribution in [1.29, 1.82) is 0 Å². The Morgan fingerprint density at radius 1 is 1.11 bits per heavy atom. The van der Waals surface area contributed by atoms with Crippen molar-refractivity contribution in [1.82, 2.24) is 0 Å². The molecule has 5 heteroatoms. The van der Waals surface area contributed by atoms with Crippen molar-refractivity contribution in [3.63, 3.8) is 0 Å². The molecule has 1 heterocycles. The number of carbonyl (C=O) groups excluding carboxylic acids is 1. The van der Waals surface area contributed by atoms with E-state index in [-0.39, 0.29) is 23.4 Å². The molecule has 0 saturated heterocycles. The monoisotopic (exact) mass is 371 g/mol. The molecule has 2 rings (SSSR count). The first-order valence-electron chi connectivity index (χ1n) is 9.57. The number of rotatable bonds is 8. The van der Waals surface area contributed by atoms with Gasteiger partial charge in [0.2, 0.25) is 5.43 Å². The van der Waals surface area contributed by atoms with E-state index in [1.807, 2.05) is 39.0 Å². The van der Waals surface area contributed by atoms with Crippen LogP contribution in [0, 0.1) is 13.8 Å². The third-order valence-corrected chi connectivity index (χ3v) is 4.70. The molecule has 0 radical (unpaired) electrons. The molecule has 5 nitrogen and oxygen atoms in total. The minimum Gasteiger partial charge on any atom is -0.463 e. The van der Waals surface area contributed by atoms with Crippen LogP contribution in [0.1, 0.15) is 65.8 Å². The minimum atomic E-state index is -0.447. The zero-order chi connectivity index (χ0) is 20.0. The van der Waals surface area contributed by atoms with Gasteiger partial charge in [0.25, 0.3) is 5.91 Å². The zero-order valence-electron chi connectivity index (χ0n) is 16.9. The summed E-state index contributed by atoms with van der Waals surface area (Å²) in [5.41, 5.74) is 3.03. The molecule has 0 fully saturated rings. The Morgan fingerprint density at radius 2 is 1.74 bits per heavy atom. The highest BCUT2D eigenvalue weighted by Crippen LogP contribution is 2.24. The van der Waals surface area contributed by atoms with Crippen molar-refractivity contribution in [3.05, 3.63) is 62.2 Å². The van der Waals surface area contributed by atoms with E-state index in [4.69, 9.17) is 9.15 Å². The van der Waals surface area contributed by atoms with Crippen molar-refractivity contribution in [3.8, 4) is 0 Å². The fourth-order valence-electron chi connectivity index (χ4n) is 3.01. The van der Waals surface area contributed by atoms with Crippen molar-refractivity contribution < 1.29 is 13.9 Å². The topological polar surface area (TPSA) is 68.5 Å². The number of nitrogens with one attached hydrogen (secondary N) is 1. The molecule has 0 spiro atoms. The van der Waals surface area contributed by atoms with E-state index in [9.17, 15) is 9.59 Å². The van der Waals surface area contributed by atoms with Crippen LogP contribution in [-0.4, -0.2) is 12.5 Å². The van der Waals surface area contributed by atoms with E-state index in [1.165, 1.54) is 0 Å². The summed E-state index contributed by atoms with van der Waals surface area (Å²) in [6.45, 7) is 10.1. The zero-order valence-corrected chi connectivity index (χ0v) is 16.9. The molecule has 0 aliphatic carbocycles. The lowest BCUT2D eigenvalue weighted by atomic mass is 10.0. The smallest absolute Gasteiger partial charge is 0.263 e. The van der Waals surface area contributed by atoms with Gasteiger partial charge in [0.05, 0.1) is 0 Å². The van der Waals surface area contributed by atoms with Crippen LogP contribution in [0.2, 0.25) is 0 Å². The highest BCUT2D eigenvalue weighted by atomic mass is 16.5. The number of amides is 1. The third kappa shape index (κ3) is 4.66. The first kappa shape index (κ1) is 20.9. The SMILES string of the molecule is CCCOCc1oc(C)c(C)c(=O)c1C(=O)Nc1c(CC)cccc1CC. The molecule has 1 amide bonds. The van der Waals surface area contributed by atoms with Crippen LogP contribution in [0.4, 0.5) is 5.69 Å². The summed E-state index contributed by atoms with van der Waals surface area (Å²) in [5, 5.41) is 2.96. The van der Waals surface area contributed by atoms with Crippen molar-refractivity contribution in [2.75, 3.05) is 11.9 Å². The second kappa shape index (κ2) is 9.51. The van der Waals surface area contributed by atoms with E-state index >= 15 is 0 Å². The molecule has 1 aromatic heterocycles. The first-order chi connectivity index (χ1) is 12.9. The van der Waals surface area contributed by atoms with Gasteiger partial charge >= 0.3 is 0 Å². The molecular formula is C22H29NO4. The van der Waals surface area contributed by atoms with E-state index in [0.29, 0.717) is 17.9 Å². The molecule has 146 valence electrons. The van der Waals surface area contributed by atoms with E-state index in [2.05, 4.69) is 5.32 Å². The second-order valence-corrected chi connectivity index (χ2v) is 6.58. The fourth-order valence-corrected chi connectivity index (χ4v) is 3.01. The predicted molar refractivity (Wildman–Crippen MR) is 108 cm³/mol. The highest BCUT2D eigenvalue weighted by Gasteiger charge is 2.23. The molecular weight excluding hydrogens is 342 g/mol. The Hall–Kier alpha value is -2.40. The summed E-state index contributed by atoms with van der Waals surface area (Å²) in [7, 11) is 0. The van der Waals surface area contributed by atoms with Gasteiger partial charge in [0.15, 0.2) is 0 Å². The third-order valence-electron chi connectivity index (χ3n) is 4.70. The average molecular weight is 371 g/mol. The summed E-state index contributed by atoms with van der Waals surface area (Å²) >= 11 is 0. The van der Waals surface area contributed by atoms with Crippen LogP contribution in [0.15, 0.2) is 27.4 Å². The number of hydrogen-bond acceptors (Lipinski definition) is 4. The molecule has 0 atom stereocenters. The lowest BCUT2D eigenvalue weighted by Gasteiger charge is -2.16. The molecule has 1 aromatic carbocycles. The Kier molecular flexibility index (Phi) is 7.36. The first-order valence-corrected chi connectivity index (χ1v) is 9.57. The van der Waals surface area contributed by atoms with Crippen LogP contribution in [-0.2, 0) is 24.2 Å². The van der Waals surface area contributed by atoms with Crippen LogP contribution in [0.5, 0.6) is 0 Å². The lowest BCUT2D eigenvalue weighted by molar-refractivity contribution is 0.0952. The Bertz CT molecular complexity index is 845. The lowest BCUT2D eigenvalue weighted by Crippen LogP contribution is -2.27. The molecule has 0 saturated carbocycles. The summed E-state index contributed by atoms with van der Waals surface area (Å²) in [6, 6.07) is 5.97. The summed E-state index contributed by atoms with van der Waals surface area (Å²) < 4.78 is 11.3. The van der Waals surface area contributed by atoms with E-state index in [1.54, 1.807) is 13.8 Å². The van der Waals surface area contributed by atoms with E-state index < -0.39 is 5.91 Å². The fraction of sp³-hybridized carbons (Fsp3) is 0.455. The predicted octanol–water partition coefficient (Wildman–Crippen LogP) is 4.56. The summed E-state index contributed by atoms with van der Waals surface area (Å²) in [6.07, 6.45) is 2.43. The number of benzene rings is 1. The molecule has 0 aliphatic heterocycles. The van der Waals surface area contributed by atoms with Gasteiger partial charge in [-0.05, 0) is 44.2 Å². The number of ether oxygens (including phenoxy) is 1. The average Bonchev–Trinajstić information content (AvgIpc) is 2.66. The summed E-state index contributed by atoms with van der Waals surface area (Å²) in [4.78, 5) is 25.9. The van der Waals surface area contributed by atoms with Gasteiger partial charge in [-0.2, -0.15) is 0 Å². The van der Waals surface area contributed by atoms with Gasteiger partial charge in [-0.1, -0.05) is 39.0 Å². The Labute approximate surface area is 160 Å². The number of para-hydroxylation sites is 1. The van der Waals surface area contributed by atoms with Gasteiger partial charge in [0, 0.05) is 17.9 Å². The molecule has 1 N–H and O–H groups in total. The van der Waals surface area contributed by atoms with Crippen LogP contribution >= 0.6 is 0 Å². The molecule has 0 aliphatic rings. The van der Waals surface area contributed by atoms with Gasteiger partial charge in [-0.25, -0.2) is 0 Å². The number of anilines is 1. The highest BCUT2D eigenvalue weighted by molar-refractivity contribution is 6.05. The maximum Gasteiger partial charge on any atom is 0.263 e. The van der Waals surface area contributed by atoms with Gasteiger partial charge in [-0.15, -0.1) is 0 Å². The van der Waals surface area contributed by atoms with E-state index in [0.717, 1.165) is 36.1 Å². The van der Waals surface area contributed by atoms with Crippen LogP contribution in [0.25, 0.3) is 0 Å². The van der Waals surface area contributed by atoms with Crippen LogP contribution < -0.4 is 10.7 Å². The molecule has 0 unspecified atom stereocenters.